The second-order valence-electron chi connectivity index (χ2n) is 5.61. The zero-order valence-corrected chi connectivity index (χ0v) is 15.5. The first-order chi connectivity index (χ1) is 13.1. The van der Waals surface area contributed by atoms with Gasteiger partial charge in [-0.15, -0.1) is 0 Å². The Bertz CT molecular complexity index is 1140. The van der Waals surface area contributed by atoms with Gasteiger partial charge in [-0.3, -0.25) is 4.72 Å². The smallest absolute Gasteiger partial charge is 0.384 e. The van der Waals surface area contributed by atoms with Gasteiger partial charge >= 0.3 is 6.18 Å². The summed E-state index contributed by atoms with van der Waals surface area (Å²) in [5.41, 5.74) is 4.69. The van der Waals surface area contributed by atoms with Crippen molar-refractivity contribution < 1.29 is 21.6 Å². The molecule has 146 valence electrons. The van der Waals surface area contributed by atoms with Gasteiger partial charge in [-0.25, -0.2) is 9.97 Å². The SMILES string of the molecule is Nc1cccc(S(=O)(=O)Nc2ccc(Cl)c(-c3cccc(C(F)(F)F)c3)n2)n1. The fourth-order valence-electron chi connectivity index (χ4n) is 2.31. The Balaban J connectivity index is 1.99. The molecule has 2 aromatic heterocycles. The standard InChI is InChI=1S/C17H12ClF3N4O2S/c18-12-7-8-14(25-28(26,27)15-6-2-5-13(22)23-15)24-16(12)10-3-1-4-11(9-10)17(19,20)21/h1-9H,(H2,22,23)(H,24,25). The van der Waals surface area contributed by atoms with Crippen LogP contribution in [-0.4, -0.2) is 18.4 Å². The molecule has 1 aromatic carbocycles. The molecule has 0 saturated carbocycles. The van der Waals surface area contributed by atoms with Gasteiger partial charge in [0.25, 0.3) is 10.0 Å². The van der Waals surface area contributed by atoms with Crippen LogP contribution >= 0.6 is 11.6 Å². The molecule has 2 heterocycles. The molecule has 0 atom stereocenters. The van der Waals surface area contributed by atoms with Crippen LogP contribution < -0.4 is 10.5 Å². The first kappa shape index (κ1) is 19.9. The van der Waals surface area contributed by atoms with Crippen molar-refractivity contribution in [2.75, 3.05) is 10.5 Å². The third kappa shape index (κ3) is 4.34. The number of halogens is 4. The molecule has 11 heteroatoms. The highest BCUT2D eigenvalue weighted by molar-refractivity contribution is 7.92. The Labute approximate surface area is 163 Å². The van der Waals surface area contributed by atoms with E-state index >= 15 is 0 Å². The van der Waals surface area contributed by atoms with Gasteiger partial charge in [-0.1, -0.05) is 29.8 Å². The van der Waals surface area contributed by atoms with Gasteiger partial charge in [0.1, 0.15) is 11.6 Å². The van der Waals surface area contributed by atoms with Crippen LogP contribution in [0.1, 0.15) is 5.56 Å². The van der Waals surface area contributed by atoms with Crippen molar-refractivity contribution in [1.29, 1.82) is 0 Å². The van der Waals surface area contributed by atoms with Gasteiger partial charge in [-0.05, 0) is 36.4 Å². The zero-order chi connectivity index (χ0) is 20.5. The molecular formula is C17H12ClF3N4O2S. The molecular weight excluding hydrogens is 417 g/mol. The number of benzene rings is 1. The summed E-state index contributed by atoms with van der Waals surface area (Å²) in [4.78, 5) is 7.78. The van der Waals surface area contributed by atoms with Crippen molar-refractivity contribution in [2.45, 2.75) is 11.2 Å². The Morgan fingerprint density at radius 1 is 1.00 bits per heavy atom. The highest BCUT2D eigenvalue weighted by Crippen LogP contribution is 2.34. The Kier molecular flexibility index (Phi) is 5.18. The lowest BCUT2D eigenvalue weighted by Gasteiger charge is -2.12. The van der Waals surface area contributed by atoms with Crippen LogP contribution in [0.3, 0.4) is 0 Å². The lowest BCUT2D eigenvalue weighted by atomic mass is 10.1. The van der Waals surface area contributed by atoms with E-state index in [1.54, 1.807) is 0 Å². The summed E-state index contributed by atoms with van der Waals surface area (Å²) in [7, 11) is -4.11. The normalized spacial score (nSPS) is 12.0. The summed E-state index contributed by atoms with van der Waals surface area (Å²) in [5.74, 6) is -0.127. The lowest BCUT2D eigenvalue weighted by molar-refractivity contribution is -0.137. The molecule has 3 aromatic rings. The van der Waals surface area contributed by atoms with Crippen LogP contribution in [0.4, 0.5) is 24.8 Å². The van der Waals surface area contributed by atoms with Crippen molar-refractivity contribution in [1.82, 2.24) is 9.97 Å². The van der Waals surface area contributed by atoms with Crippen LogP contribution in [0, 0.1) is 0 Å². The minimum atomic E-state index is -4.54. The molecule has 6 nitrogen and oxygen atoms in total. The average Bonchev–Trinajstić information content (AvgIpc) is 2.62. The number of alkyl halides is 3. The Morgan fingerprint density at radius 3 is 2.39 bits per heavy atom. The van der Waals surface area contributed by atoms with Gasteiger partial charge in [0.05, 0.1) is 16.3 Å². The third-order valence-electron chi connectivity index (χ3n) is 3.57. The molecule has 0 bridgehead atoms. The van der Waals surface area contributed by atoms with Crippen molar-refractivity contribution in [3.05, 3.63) is 65.2 Å². The second-order valence-corrected chi connectivity index (χ2v) is 7.65. The van der Waals surface area contributed by atoms with Crippen LogP contribution in [0.25, 0.3) is 11.3 Å². The number of anilines is 2. The first-order valence-corrected chi connectivity index (χ1v) is 9.52. The molecule has 0 aliphatic heterocycles. The largest absolute Gasteiger partial charge is 0.416 e. The summed E-state index contributed by atoms with van der Waals surface area (Å²) in [5, 5.41) is -0.269. The minimum Gasteiger partial charge on any atom is -0.384 e. The molecule has 0 amide bonds. The number of nitrogens with two attached hydrogens (primary N) is 1. The van der Waals surface area contributed by atoms with Crippen LogP contribution in [0.2, 0.25) is 5.02 Å². The molecule has 0 unspecified atom stereocenters. The molecule has 0 radical (unpaired) electrons. The van der Waals surface area contributed by atoms with Crippen LogP contribution in [0.15, 0.2) is 59.6 Å². The molecule has 3 N–H and O–H groups in total. The van der Waals surface area contributed by atoms with Gasteiger partial charge in [0, 0.05) is 5.56 Å². The zero-order valence-electron chi connectivity index (χ0n) is 13.9. The number of hydrogen-bond acceptors (Lipinski definition) is 5. The maximum Gasteiger partial charge on any atom is 0.416 e. The summed E-state index contributed by atoms with van der Waals surface area (Å²) in [6.07, 6.45) is -4.54. The van der Waals surface area contributed by atoms with E-state index in [4.69, 9.17) is 17.3 Å². The van der Waals surface area contributed by atoms with Gasteiger partial charge in [0.15, 0.2) is 5.03 Å². The monoisotopic (exact) mass is 428 g/mol. The average molecular weight is 429 g/mol. The number of nitrogens with zero attached hydrogens (tertiary/aromatic N) is 2. The lowest BCUT2D eigenvalue weighted by Crippen LogP contribution is -2.16. The molecule has 0 spiro atoms. The number of sulfonamides is 1. The summed E-state index contributed by atoms with van der Waals surface area (Å²) >= 11 is 6.06. The number of nitrogen functional groups attached to an aromatic ring is 1. The van der Waals surface area contributed by atoms with Crippen molar-refractivity contribution in [3.8, 4) is 11.3 Å². The van der Waals surface area contributed by atoms with Gasteiger partial charge < -0.3 is 5.73 Å². The van der Waals surface area contributed by atoms with Gasteiger partial charge in [0.2, 0.25) is 0 Å². The summed E-state index contributed by atoms with van der Waals surface area (Å²) in [6, 6.07) is 11.1. The van der Waals surface area contributed by atoms with E-state index in [0.29, 0.717) is 0 Å². The number of rotatable bonds is 4. The Hall–Kier alpha value is -2.85. The molecule has 3 rings (SSSR count). The Morgan fingerprint density at radius 2 is 1.71 bits per heavy atom. The number of pyridine rings is 2. The fourth-order valence-corrected chi connectivity index (χ4v) is 3.51. The highest BCUT2D eigenvalue weighted by atomic mass is 35.5. The van der Waals surface area contributed by atoms with Crippen molar-refractivity contribution >= 4 is 33.3 Å². The molecule has 28 heavy (non-hydrogen) atoms. The minimum absolute atomic E-state index is 0.00602. The van der Waals surface area contributed by atoms with Crippen LogP contribution in [-0.2, 0) is 16.2 Å². The molecule has 0 saturated heterocycles. The molecule has 0 fully saturated rings. The topological polar surface area (TPSA) is 98.0 Å². The predicted molar refractivity (Wildman–Crippen MR) is 99.1 cm³/mol. The maximum atomic E-state index is 12.9. The second kappa shape index (κ2) is 7.28. The highest BCUT2D eigenvalue weighted by Gasteiger charge is 2.30. The first-order valence-electron chi connectivity index (χ1n) is 7.66. The number of aromatic nitrogens is 2. The number of nitrogens with one attached hydrogen (secondary N) is 1. The quantitative estimate of drug-likeness (QED) is 0.649. The maximum absolute atomic E-state index is 12.9. The van der Waals surface area contributed by atoms with E-state index in [1.807, 2.05) is 0 Å². The summed E-state index contributed by atoms with van der Waals surface area (Å²) in [6.45, 7) is 0. The van der Waals surface area contributed by atoms with E-state index in [9.17, 15) is 21.6 Å². The number of hydrogen-bond donors (Lipinski definition) is 2. The van der Waals surface area contributed by atoms with E-state index in [0.717, 1.165) is 12.1 Å². The van der Waals surface area contributed by atoms with E-state index < -0.39 is 21.8 Å². The van der Waals surface area contributed by atoms with E-state index in [2.05, 4.69) is 14.7 Å². The van der Waals surface area contributed by atoms with Crippen molar-refractivity contribution in [2.24, 2.45) is 0 Å². The molecule has 0 aliphatic carbocycles. The molecule has 0 aliphatic rings. The van der Waals surface area contributed by atoms with Crippen LogP contribution in [0.5, 0.6) is 0 Å². The van der Waals surface area contributed by atoms with E-state index in [-0.39, 0.29) is 32.9 Å². The predicted octanol–water partition coefficient (Wildman–Crippen LogP) is 4.20. The van der Waals surface area contributed by atoms with Crippen molar-refractivity contribution in [3.63, 3.8) is 0 Å². The van der Waals surface area contributed by atoms with E-state index in [1.165, 1.54) is 42.5 Å². The third-order valence-corrected chi connectivity index (χ3v) is 5.13. The summed E-state index contributed by atoms with van der Waals surface area (Å²) < 4.78 is 65.9. The fraction of sp³-hybridized carbons (Fsp3) is 0.0588. The van der Waals surface area contributed by atoms with Gasteiger partial charge in [-0.2, -0.15) is 21.6 Å².